The smallest absolute Gasteiger partial charge is 0.255 e. The lowest BCUT2D eigenvalue weighted by molar-refractivity contribution is -0.119. The molecule has 0 saturated carbocycles. The van der Waals surface area contributed by atoms with Gasteiger partial charge in [-0.05, 0) is 29.8 Å². The van der Waals surface area contributed by atoms with Gasteiger partial charge in [0.05, 0.1) is 6.54 Å². The Bertz CT molecular complexity index is 820. The number of carbonyl (C=O) groups is 1. The van der Waals surface area contributed by atoms with E-state index in [0.717, 1.165) is 5.56 Å². The molecule has 0 fully saturated rings. The van der Waals surface area contributed by atoms with Crippen LogP contribution in [0.5, 0.6) is 11.5 Å². The molecule has 0 aliphatic carbocycles. The van der Waals surface area contributed by atoms with Gasteiger partial charge >= 0.3 is 0 Å². The van der Waals surface area contributed by atoms with Gasteiger partial charge in [0.15, 0.2) is 24.1 Å². The second-order valence-electron chi connectivity index (χ2n) is 6.00. The Balaban J connectivity index is 0.00000420. The van der Waals surface area contributed by atoms with Gasteiger partial charge in [-0.3, -0.25) is 9.79 Å². The van der Waals surface area contributed by atoms with E-state index in [0.29, 0.717) is 31.4 Å². The third kappa shape index (κ3) is 8.55. The van der Waals surface area contributed by atoms with E-state index in [1.165, 1.54) is 6.07 Å². The first-order valence-corrected chi connectivity index (χ1v) is 8.78. The summed E-state index contributed by atoms with van der Waals surface area (Å²) in [6.07, 6.45) is 0. The molecule has 0 bridgehead atoms. The number of amides is 1. The second kappa shape index (κ2) is 12.8. The third-order valence-corrected chi connectivity index (χ3v) is 3.82. The zero-order valence-electron chi connectivity index (χ0n) is 16.4. The van der Waals surface area contributed by atoms with Gasteiger partial charge in [-0.25, -0.2) is 4.39 Å². The average Bonchev–Trinajstić information content (AvgIpc) is 2.68. The van der Waals surface area contributed by atoms with Crippen molar-refractivity contribution in [2.75, 3.05) is 33.9 Å². The van der Waals surface area contributed by atoms with Gasteiger partial charge in [-0.15, -0.1) is 24.0 Å². The molecular formula is C20H26FIN4O3. The first-order valence-electron chi connectivity index (χ1n) is 8.78. The molecule has 7 nitrogen and oxygen atoms in total. The van der Waals surface area contributed by atoms with Crippen LogP contribution in [0.25, 0.3) is 0 Å². The second-order valence-corrected chi connectivity index (χ2v) is 6.00. The van der Waals surface area contributed by atoms with Crippen molar-refractivity contribution in [3.63, 3.8) is 0 Å². The molecule has 9 heteroatoms. The molecule has 158 valence electrons. The molecule has 0 atom stereocenters. The summed E-state index contributed by atoms with van der Waals surface area (Å²) in [6.45, 7) is 1.19. The van der Waals surface area contributed by atoms with Gasteiger partial charge in [0.25, 0.3) is 5.91 Å². The van der Waals surface area contributed by atoms with Crippen molar-refractivity contribution in [3.8, 4) is 11.5 Å². The van der Waals surface area contributed by atoms with Crippen LogP contribution in [0.15, 0.2) is 53.5 Å². The molecule has 2 rings (SSSR count). The van der Waals surface area contributed by atoms with Crippen molar-refractivity contribution in [1.29, 1.82) is 0 Å². The molecule has 0 heterocycles. The number of halogens is 2. The van der Waals surface area contributed by atoms with Crippen molar-refractivity contribution in [2.45, 2.75) is 6.54 Å². The van der Waals surface area contributed by atoms with Gasteiger partial charge in [0.1, 0.15) is 12.4 Å². The molecule has 0 aliphatic rings. The zero-order chi connectivity index (χ0) is 20.4. The minimum atomic E-state index is -0.525. The van der Waals surface area contributed by atoms with Gasteiger partial charge < -0.3 is 25.4 Å². The Hall–Kier alpha value is -2.56. The average molecular weight is 516 g/mol. The molecule has 0 unspecified atom stereocenters. The topological polar surface area (TPSA) is 89.2 Å². The predicted octanol–water partition coefficient (Wildman–Crippen LogP) is 2.39. The van der Waals surface area contributed by atoms with Gasteiger partial charge in [0, 0.05) is 20.6 Å². The van der Waals surface area contributed by atoms with E-state index < -0.39 is 5.91 Å². The first kappa shape index (κ1) is 24.5. The normalized spacial score (nSPS) is 10.7. The van der Waals surface area contributed by atoms with Crippen molar-refractivity contribution in [3.05, 3.63) is 59.9 Å². The number of benzene rings is 2. The highest BCUT2D eigenvalue weighted by Gasteiger charge is 2.08. The maximum Gasteiger partial charge on any atom is 0.255 e. The molecule has 1 amide bonds. The van der Waals surface area contributed by atoms with E-state index >= 15 is 0 Å². The van der Waals surface area contributed by atoms with E-state index in [4.69, 9.17) is 15.2 Å². The number of aliphatic imine (C=N–C) groups is 1. The molecule has 0 aromatic heterocycles. The number of hydrogen-bond acceptors (Lipinski definition) is 4. The number of carbonyl (C=O) groups excluding carboxylic acids is 1. The van der Waals surface area contributed by atoms with E-state index in [2.05, 4.69) is 10.3 Å². The number of nitrogens with zero attached hydrogens (tertiary/aromatic N) is 2. The van der Waals surface area contributed by atoms with Crippen LogP contribution in [0.3, 0.4) is 0 Å². The molecule has 0 radical (unpaired) electrons. The molecule has 2 aromatic carbocycles. The lowest BCUT2D eigenvalue weighted by Gasteiger charge is -2.22. The predicted molar refractivity (Wildman–Crippen MR) is 121 cm³/mol. The zero-order valence-corrected chi connectivity index (χ0v) is 18.8. The van der Waals surface area contributed by atoms with Crippen LogP contribution >= 0.6 is 24.0 Å². The molecule has 0 aliphatic heterocycles. The number of hydrogen-bond donors (Lipinski definition) is 2. The number of para-hydroxylation sites is 1. The summed E-state index contributed by atoms with van der Waals surface area (Å²) < 4.78 is 24.3. The third-order valence-electron chi connectivity index (χ3n) is 3.82. The lowest BCUT2D eigenvalue weighted by atomic mass is 10.2. The van der Waals surface area contributed by atoms with Crippen molar-refractivity contribution >= 4 is 35.8 Å². The lowest BCUT2D eigenvalue weighted by Crippen LogP contribution is -2.40. The summed E-state index contributed by atoms with van der Waals surface area (Å²) >= 11 is 0. The van der Waals surface area contributed by atoms with Crippen LogP contribution in [-0.2, 0) is 11.3 Å². The molecule has 0 saturated heterocycles. The highest BCUT2D eigenvalue weighted by molar-refractivity contribution is 14.0. The number of likely N-dealkylation sites (N-methyl/N-ethyl adjacent to an activating group) is 1. The molecular weight excluding hydrogens is 490 g/mol. The van der Waals surface area contributed by atoms with Crippen molar-refractivity contribution < 1.29 is 18.7 Å². The highest BCUT2D eigenvalue weighted by Crippen LogP contribution is 2.15. The van der Waals surface area contributed by atoms with Crippen LogP contribution < -0.4 is 20.5 Å². The largest absolute Gasteiger partial charge is 0.489 e. The monoisotopic (exact) mass is 516 g/mol. The molecule has 2 aromatic rings. The minimum absolute atomic E-state index is 0. The molecule has 0 spiro atoms. The van der Waals surface area contributed by atoms with Gasteiger partial charge in [-0.1, -0.05) is 24.3 Å². The first-order chi connectivity index (χ1) is 13.5. The standard InChI is InChI=1S/C20H25FN4O3.HI/c1-23-20(25(2)10-11-27-18-9-4-3-8-17(18)21)24-13-15-6-5-7-16(12-15)28-14-19(22)26;/h3-9,12H,10-11,13-14H2,1-2H3,(H2,22,26)(H,23,24);1H. The Kier molecular flexibility index (Phi) is 10.8. The molecule has 3 N–H and O–H groups in total. The summed E-state index contributed by atoms with van der Waals surface area (Å²) in [6, 6.07) is 13.6. The van der Waals surface area contributed by atoms with Crippen LogP contribution in [0.1, 0.15) is 5.56 Å². The molecule has 29 heavy (non-hydrogen) atoms. The Morgan fingerprint density at radius 2 is 1.97 bits per heavy atom. The van der Waals surface area contributed by atoms with Crippen LogP contribution in [0, 0.1) is 5.82 Å². The minimum Gasteiger partial charge on any atom is -0.489 e. The SMILES string of the molecule is CN=C(NCc1cccc(OCC(N)=O)c1)N(C)CCOc1ccccc1F.I. The maximum absolute atomic E-state index is 13.6. The number of nitrogens with one attached hydrogen (secondary N) is 1. The van der Waals surface area contributed by atoms with Crippen LogP contribution in [-0.4, -0.2) is 50.6 Å². The Morgan fingerprint density at radius 1 is 1.21 bits per heavy atom. The number of ether oxygens (including phenoxy) is 2. The Labute approximate surface area is 187 Å². The van der Waals surface area contributed by atoms with Gasteiger partial charge in [-0.2, -0.15) is 0 Å². The number of guanidine groups is 1. The fourth-order valence-electron chi connectivity index (χ4n) is 2.43. The number of primary amides is 1. The fraction of sp³-hybridized carbons (Fsp3) is 0.300. The number of rotatable bonds is 9. The highest BCUT2D eigenvalue weighted by atomic mass is 127. The van der Waals surface area contributed by atoms with Gasteiger partial charge in [0.2, 0.25) is 0 Å². The summed E-state index contributed by atoms with van der Waals surface area (Å²) in [4.78, 5) is 16.9. The van der Waals surface area contributed by atoms with Crippen molar-refractivity contribution in [1.82, 2.24) is 10.2 Å². The summed E-state index contributed by atoms with van der Waals surface area (Å²) in [7, 11) is 3.55. The van der Waals surface area contributed by atoms with E-state index in [-0.39, 0.29) is 42.2 Å². The van der Waals surface area contributed by atoms with E-state index in [9.17, 15) is 9.18 Å². The summed E-state index contributed by atoms with van der Waals surface area (Å²) in [5.41, 5.74) is 6.04. The van der Waals surface area contributed by atoms with E-state index in [1.54, 1.807) is 31.3 Å². The van der Waals surface area contributed by atoms with Crippen molar-refractivity contribution in [2.24, 2.45) is 10.7 Å². The summed E-state index contributed by atoms with van der Waals surface area (Å²) in [5.74, 6) is 0.557. The number of nitrogens with two attached hydrogens (primary N) is 1. The Morgan fingerprint density at radius 3 is 2.66 bits per heavy atom. The van der Waals surface area contributed by atoms with Crippen LogP contribution in [0.2, 0.25) is 0 Å². The summed E-state index contributed by atoms with van der Waals surface area (Å²) in [5, 5.41) is 3.24. The fourth-order valence-corrected chi connectivity index (χ4v) is 2.43. The quantitative estimate of drug-likeness (QED) is 0.304. The van der Waals surface area contributed by atoms with E-state index in [1.807, 2.05) is 30.1 Å². The maximum atomic E-state index is 13.6. The van der Waals surface area contributed by atoms with Crippen LogP contribution in [0.4, 0.5) is 4.39 Å².